The molecule has 8 heteroatoms. The fraction of sp³-hybridized carbons (Fsp3) is 0.143. The quantitative estimate of drug-likeness (QED) is 0.213. The first-order valence-electron chi connectivity index (χ1n) is 11.2. The summed E-state index contributed by atoms with van der Waals surface area (Å²) in [6.07, 6.45) is 1.72. The van der Waals surface area contributed by atoms with Crippen molar-refractivity contribution in [2.45, 2.75) is 27.3 Å². The predicted octanol–water partition coefficient (Wildman–Crippen LogP) is 7.18. The molecule has 0 aliphatic carbocycles. The van der Waals surface area contributed by atoms with Crippen molar-refractivity contribution < 1.29 is 18.0 Å². The molecule has 0 N–H and O–H groups in total. The molecule has 5 rings (SSSR count). The minimum absolute atomic E-state index is 0.237. The third kappa shape index (κ3) is 3.99. The second-order valence-electron chi connectivity index (χ2n) is 8.78. The zero-order chi connectivity index (χ0) is 25.7. The summed E-state index contributed by atoms with van der Waals surface area (Å²) >= 11 is 6.42. The maximum Gasteiger partial charge on any atom is 0.280 e. The van der Waals surface area contributed by atoms with Crippen LogP contribution >= 0.6 is 11.6 Å². The van der Waals surface area contributed by atoms with E-state index in [0.29, 0.717) is 29.4 Å². The third-order valence-corrected chi connectivity index (χ3v) is 6.75. The lowest BCUT2D eigenvalue weighted by Gasteiger charge is -2.13. The van der Waals surface area contributed by atoms with Crippen molar-refractivity contribution in [2.24, 2.45) is 5.10 Å². The Labute approximate surface area is 210 Å². The smallest absolute Gasteiger partial charge is 0.280 e. The van der Waals surface area contributed by atoms with Crippen molar-refractivity contribution >= 4 is 45.9 Å². The fourth-order valence-electron chi connectivity index (χ4n) is 4.47. The van der Waals surface area contributed by atoms with E-state index >= 15 is 0 Å². The molecule has 0 radical (unpaired) electrons. The Hall–Kier alpha value is -3.84. The molecular weight excluding hydrogens is 487 g/mol. The molecule has 1 amide bonds. The van der Waals surface area contributed by atoms with Crippen LogP contribution in [0.2, 0.25) is 5.02 Å². The van der Waals surface area contributed by atoms with E-state index in [-0.39, 0.29) is 5.57 Å². The SMILES string of the molecule is CC1=NN(c2cc(F)c(F)cc2F)C(=O)/C1=C/c1c(C)n(Cc2ccccc2Cl)c2ccc(C)cc12. The lowest BCUT2D eigenvalue weighted by atomic mass is 10.0. The normalized spacial score (nSPS) is 14.9. The number of nitrogens with zero attached hydrogens (tertiary/aromatic N) is 3. The number of aryl methyl sites for hydroxylation is 1. The summed E-state index contributed by atoms with van der Waals surface area (Å²) in [5, 5.41) is 6.50. The molecule has 182 valence electrons. The lowest BCUT2D eigenvalue weighted by Crippen LogP contribution is -2.22. The number of hydrogen-bond donors (Lipinski definition) is 0. The van der Waals surface area contributed by atoms with Gasteiger partial charge in [-0.25, -0.2) is 13.2 Å². The molecule has 0 bridgehead atoms. The molecule has 36 heavy (non-hydrogen) atoms. The summed E-state index contributed by atoms with van der Waals surface area (Å²) in [7, 11) is 0. The van der Waals surface area contributed by atoms with Gasteiger partial charge in [-0.2, -0.15) is 10.1 Å². The fourth-order valence-corrected chi connectivity index (χ4v) is 4.67. The summed E-state index contributed by atoms with van der Waals surface area (Å²) in [4.78, 5) is 13.3. The van der Waals surface area contributed by atoms with Gasteiger partial charge in [0.25, 0.3) is 5.91 Å². The van der Waals surface area contributed by atoms with Crippen LogP contribution in [-0.2, 0) is 11.3 Å². The van der Waals surface area contributed by atoms with E-state index in [1.165, 1.54) is 0 Å². The first-order chi connectivity index (χ1) is 17.2. The largest absolute Gasteiger partial charge is 0.340 e. The second kappa shape index (κ2) is 8.99. The Morgan fingerprint density at radius 3 is 2.42 bits per heavy atom. The summed E-state index contributed by atoms with van der Waals surface area (Å²) in [6.45, 7) is 6.09. The molecule has 0 atom stereocenters. The van der Waals surface area contributed by atoms with Crippen LogP contribution in [0.25, 0.3) is 17.0 Å². The molecule has 1 aliphatic heterocycles. The van der Waals surface area contributed by atoms with E-state index in [0.717, 1.165) is 38.3 Å². The zero-order valence-electron chi connectivity index (χ0n) is 19.7. The molecular formula is C28H21ClF3N3O. The number of aromatic nitrogens is 1. The van der Waals surface area contributed by atoms with Crippen LogP contribution < -0.4 is 5.01 Å². The highest BCUT2D eigenvalue weighted by atomic mass is 35.5. The van der Waals surface area contributed by atoms with E-state index in [1.807, 2.05) is 56.3 Å². The first-order valence-corrected chi connectivity index (χ1v) is 11.6. The Balaban J connectivity index is 1.62. The molecule has 2 heterocycles. The van der Waals surface area contributed by atoms with Gasteiger partial charge in [0.05, 0.1) is 11.3 Å². The number of hydrogen-bond acceptors (Lipinski definition) is 2. The van der Waals surface area contributed by atoms with Gasteiger partial charge in [-0.15, -0.1) is 0 Å². The molecule has 0 fully saturated rings. The second-order valence-corrected chi connectivity index (χ2v) is 9.18. The van der Waals surface area contributed by atoms with E-state index in [4.69, 9.17) is 11.6 Å². The summed E-state index contributed by atoms with van der Waals surface area (Å²) in [6, 6.07) is 14.7. The predicted molar refractivity (Wildman–Crippen MR) is 137 cm³/mol. The van der Waals surface area contributed by atoms with Crippen molar-refractivity contribution in [3.8, 4) is 0 Å². The average Bonchev–Trinajstić information content (AvgIpc) is 3.25. The van der Waals surface area contributed by atoms with Gasteiger partial charge in [-0.1, -0.05) is 41.4 Å². The summed E-state index contributed by atoms with van der Waals surface area (Å²) in [5.74, 6) is -4.31. The van der Waals surface area contributed by atoms with Gasteiger partial charge in [0.2, 0.25) is 0 Å². The summed E-state index contributed by atoms with van der Waals surface area (Å²) < 4.78 is 43.7. The maximum absolute atomic E-state index is 14.4. The Kier molecular flexibility index (Phi) is 5.96. The number of fused-ring (bicyclic) bond motifs is 1. The topological polar surface area (TPSA) is 37.6 Å². The van der Waals surface area contributed by atoms with Gasteiger partial charge in [0.1, 0.15) is 5.69 Å². The van der Waals surface area contributed by atoms with Crippen LogP contribution in [0.5, 0.6) is 0 Å². The van der Waals surface area contributed by atoms with E-state index in [1.54, 1.807) is 13.0 Å². The molecule has 4 aromatic rings. The van der Waals surface area contributed by atoms with Crippen LogP contribution in [0.1, 0.15) is 29.3 Å². The molecule has 4 nitrogen and oxygen atoms in total. The maximum atomic E-state index is 14.4. The third-order valence-electron chi connectivity index (χ3n) is 6.38. The number of hydrazone groups is 1. The van der Waals surface area contributed by atoms with Crippen molar-refractivity contribution in [1.82, 2.24) is 4.57 Å². The lowest BCUT2D eigenvalue weighted by molar-refractivity contribution is -0.114. The molecule has 0 spiro atoms. The molecule has 0 saturated heterocycles. The van der Waals surface area contributed by atoms with Crippen LogP contribution in [0.3, 0.4) is 0 Å². The molecule has 0 unspecified atom stereocenters. The van der Waals surface area contributed by atoms with Gasteiger partial charge < -0.3 is 4.57 Å². The number of carbonyl (C=O) groups excluding carboxylic acids is 1. The van der Waals surface area contributed by atoms with E-state index < -0.39 is 29.0 Å². The van der Waals surface area contributed by atoms with E-state index in [2.05, 4.69) is 9.67 Å². The number of amides is 1. The van der Waals surface area contributed by atoms with Crippen molar-refractivity contribution in [3.05, 3.63) is 105 Å². The Morgan fingerprint density at radius 1 is 0.944 bits per heavy atom. The Morgan fingerprint density at radius 2 is 1.67 bits per heavy atom. The van der Waals surface area contributed by atoms with Crippen molar-refractivity contribution in [3.63, 3.8) is 0 Å². The van der Waals surface area contributed by atoms with Gasteiger partial charge in [0, 0.05) is 45.9 Å². The van der Waals surface area contributed by atoms with Crippen LogP contribution in [0.4, 0.5) is 18.9 Å². The molecule has 3 aromatic carbocycles. The first kappa shape index (κ1) is 23.9. The van der Waals surface area contributed by atoms with Crippen molar-refractivity contribution in [2.75, 3.05) is 5.01 Å². The van der Waals surface area contributed by atoms with E-state index in [9.17, 15) is 18.0 Å². The number of carbonyl (C=O) groups is 1. The highest BCUT2D eigenvalue weighted by Crippen LogP contribution is 2.33. The van der Waals surface area contributed by atoms with Crippen molar-refractivity contribution in [1.29, 1.82) is 0 Å². The number of rotatable bonds is 4. The molecule has 1 aliphatic rings. The van der Waals surface area contributed by atoms with Gasteiger partial charge in [-0.05, 0) is 50.6 Å². The van der Waals surface area contributed by atoms with Gasteiger partial charge in [-0.3, -0.25) is 4.79 Å². The van der Waals surface area contributed by atoms with Crippen LogP contribution in [0.15, 0.2) is 65.3 Å². The number of anilines is 1. The average molecular weight is 508 g/mol. The van der Waals surface area contributed by atoms with Crippen LogP contribution in [-0.4, -0.2) is 16.2 Å². The molecule has 0 saturated carbocycles. The number of benzene rings is 3. The molecule has 1 aromatic heterocycles. The highest BCUT2D eigenvalue weighted by Gasteiger charge is 2.32. The minimum Gasteiger partial charge on any atom is -0.340 e. The highest BCUT2D eigenvalue weighted by molar-refractivity contribution is 6.32. The Bertz CT molecular complexity index is 1620. The minimum atomic E-state index is -1.34. The number of halogens is 4. The van der Waals surface area contributed by atoms with Crippen LogP contribution in [0, 0.1) is 31.3 Å². The summed E-state index contributed by atoms with van der Waals surface area (Å²) in [5.41, 5.74) is 4.80. The van der Waals surface area contributed by atoms with Gasteiger partial charge >= 0.3 is 0 Å². The monoisotopic (exact) mass is 507 g/mol. The standard InChI is InChI=1S/C28H21ClF3N3O/c1-15-8-9-26-21(10-15)20(17(3)34(26)14-18-6-4-5-7-22(18)29)11-19-16(2)33-35(28(19)36)27-13-24(31)23(30)12-25(27)32/h4-13H,14H2,1-3H3/b19-11+. The van der Waals surface area contributed by atoms with Gasteiger partial charge in [0.15, 0.2) is 17.5 Å². The zero-order valence-corrected chi connectivity index (χ0v) is 20.5.